The van der Waals surface area contributed by atoms with Gasteiger partial charge in [-0.05, 0) is 38.8 Å². The van der Waals surface area contributed by atoms with Crippen molar-refractivity contribution in [3.8, 4) is 17.6 Å². The van der Waals surface area contributed by atoms with Crippen LogP contribution in [0.4, 0.5) is 0 Å². The number of fused-ring (bicyclic) bond motifs is 1. The van der Waals surface area contributed by atoms with Crippen molar-refractivity contribution in [2.24, 2.45) is 0 Å². The van der Waals surface area contributed by atoms with Gasteiger partial charge in [-0.25, -0.2) is 9.78 Å². The Hall–Kier alpha value is -3.84. The third kappa shape index (κ3) is 4.34. The van der Waals surface area contributed by atoms with Gasteiger partial charge in [-0.15, -0.1) is 5.92 Å². The third-order valence-corrected chi connectivity index (χ3v) is 6.43. The summed E-state index contributed by atoms with van der Waals surface area (Å²) in [5, 5.41) is 5.16. The van der Waals surface area contributed by atoms with Crippen LogP contribution < -0.4 is 26.3 Å². The standard InChI is InChI=1S/C24H28N6O4/c1-4-5-11-27-24(2)10-7-12-29(30-22(32)20-21(26-15-25-20)28-23(30)33)19(24)14-18(31)16-8-6-9-17(13-16)34-3/h6,8-9,13,15,19,27H,7,10-12,14H2,1-3H3,(H,25,26)(H,28,33). The first-order valence-electron chi connectivity index (χ1n) is 11.1. The highest BCUT2D eigenvalue weighted by Gasteiger charge is 2.43. The van der Waals surface area contributed by atoms with Gasteiger partial charge in [0.05, 0.1) is 26.0 Å². The minimum atomic E-state index is -0.596. The molecule has 1 aliphatic rings. The van der Waals surface area contributed by atoms with Crippen molar-refractivity contribution < 1.29 is 9.53 Å². The van der Waals surface area contributed by atoms with Crippen LogP contribution in [0.1, 0.15) is 43.5 Å². The van der Waals surface area contributed by atoms with Crippen LogP contribution in [-0.2, 0) is 0 Å². The van der Waals surface area contributed by atoms with Crippen LogP contribution in [0.3, 0.4) is 0 Å². The summed E-state index contributed by atoms with van der Waals surface area (Å²) in [5.41, 5.74) is -0.772. The number of ketones is 1. The number of piperidine rings is 1. The van der Waals surface area contributed by atoms with E-state index in [1.54, 1.807) is 43.3 Å². The van der Waals surface area contributed by atoms with E-state index >= 15 is 0 Å². The molecule has 10 nitrogen and oxygen atoms in total. The molecule has 2 unspecified atom stereocenters. The number of carbonyl (C=O) groups excluding carboxylic acids is 1. The van der Waals surface area contributed by atoms with E-state index in [-0.39, 0.29) is 23.4 Å². The van der Waals surface area contributed by atoms with Gasteiger partial charge in [-0.3, -0.25) is 19.9 Å². The molecule has 178 valence electrons. The third-order valence-electron chi connectivity index (χ3n) is 6.43. The van der Waals surface area contributed by atoms with E-state index < -0.39 is 22.8 Å². The fraction of sp³-hybridized carbons (Fsp3) is 0.417. The number of ether oxygens (including phenoxy) is 1. The van der Waals surface area contributed by atoms with Gasteiger partial charge in [0.1, 0.15) is 5.75 Å². The summed E-state index contributed by atoms with van der Waals surface area (Å²) in [6.45, 7) is 4.64. The van der Waals surface area contributed by atoms with Crippen molar-refractivity contribution in [1.82, 2.24) is 24.9 Å². The van der Waals surface area contributed by atoms with Gasteiger partial charge < -0.3 is 14.7 Å². The zero-order valence-corrected chi connectivity index (χ0v) is 19.5. The highest BCUT2D eigenvalue weighted by Crippen LogP contribution is 2.30. The van der Waals surface area contributed by atoms with Crippen molar-refractivity contribution in [2.45, 2.75) is 44.7 Å². The fourth-order valence-electron chi connectivity index (χ4n) is 4.60. The monoisotopic (exact) mass is 464 g/mol. The van der Waals surface area contributed by atoms with Crippen molar-refractivity contribution >= 4 is 16.9 Å². The maximum atomic E-state index is 13.4. The quantitative estimate of drug-likeness (QED) is 0.354. The number of nitrogens with one attached hydrogen (secondary N) is 3. The Morgan fingerprint density at radius 1 is 1.38 bits per heavy atom. The lowest BCUT2D eigenvalue weighted by atomic mass is 9.80. The SMILES string of the molecule is CC#CCNC1(C)CCCN(n2c(=O)[nH]c3nc[nH]c3c2=O)C1CC(=O)c1cccc(OC)c1. The largest absolute Gasteiger partial charge is 0.497 e. The van der Waals surface area contributed by atoms with Gasteiger partial charge in [0.25, 0.3) is 0 Å². The predicted octanol–water partition coefficient (Wildman–Crippen LogP) is 1.17. The van der Waals surface area contributed by atoms with Gasteiger partial charge in [-0.2, -0.15) is 4.68 Å². The number of Topliss-reactive ketones (excluding diaryl/α,β-unsaturated/α-hetero) is 1. The number of nitrogens with zero attached hydrogens (tertiary/aromatic N) is 3. The minimum Gasteiger partial charge on any atom is -0.497 e. The number of hydrogen-bond acceptors (Lipinski definition) is 7. The van der Waals surface area contributed by atoms with Crippen LogP contribution in [0, 0.1) is 11.8 Å². The lowest BCUT2D eigenvalue weighted by Crippen LogP contribution is -2.69. The molecule has 0 amide bonds. The molecule has 1 aromatic carbocycles. The summed E-state index contributed by atoms with van der Waals surface area (Å²) in [6, 6.07) is 6.48. The first kappa shape index (κ1) is 23.3. The van der Waals surface area contributed by atoms with Gasteiger partial charge in [0, 0.05) is 24.1 Å². The molecule has 2 aromatic heterocycles. The molecule has 1 saturated heterocycles. The number of benzene rings is 1. The maximum Gasteiger partial charge on any atom is 0.349 e. The smallest absolute Gasteiger partial charge is 0.349 e. The number of hydrogen-bond donors (Lipinski definition) is 3. The topological polar surface area (TPSA) is 125 Å². The summed E-state index contributed by atoms with van der Waals surface area (Å²) >= 11 is 0. The number of rotatable bonds is 7. The molecule has 0 bridgehead atoms. The van der Waals surface area contributed by atoms with E-state index in [0.29, 0.717) is 24.4 Å². The molecular formula is C24H28N6O4. The second kappa shape index (κ2) is 9.57. The van der Waals surface area contributed by atoms with Crippen LogP contribution in [-0.4, -0.2) is 57.2 Å². The van der Waals surface area contributed by atoms with Crippen LogP contribution in [0.25, 0.3) is 11.2 Å². The van der Waals surface area contributed by atoms with E-state index in [4.69, 9.17) is 4.74 Å². The van der Waals surface area contributed by atoms with Crippen LogP contribution in [0.15, 0.2) is 40.2 Å². The molecule has 3 N–H and O–H groups in total. The molecule has 1 fully saturated rings. The number of H-pyrrole nitrogens is 2. The molecule has 0 spiro atoms. The Morgan fingerprint density at radius 3 is 2.97 bits per heavy atom. The second-order valence-corrected chi connectivity index (χ2v) is 8.51. The zero-order chi connectivity index (χ0) is 24.3. The van der Waals surface area contributed by atoms with Crippen LogP contribution >= 0.6 is 0 Å². The number of aromatic nitrogens is 4. The highest BCUT2D eigenvalue weighted by atomic mass is 16.5. The molecule has 3 aromatic rings. The van der Waals surface area contributed by atoms with E-state index in [1.807, 2.05) is 6.92 Å². The Morgan fingerprint density at radius 2 is 2.21 bits per heavy atom. The molecular weight excluding hydrogens is 436 g/mol. The minimum absolute atomic E-state index is 0.0864. The summed E-state index contributed by atoms with van der Waals surface area (Å²) in [6.07, 6.45) is 2.92. The molecule has 0 radical (unpaired) electrons. The van der Waals surface area contributed by atoms with Crippen molar-refractivity contribution in [3.05, 3.63) is 57.0 Å². The number of carbonyl (C=O) groups is 1. The Labute approximate surface area is 196 Å². The van der Waals surface area contributed by atoms with Crippen LogP contribution in [0.5, 0.6) is 5.75 Å². The van der Waals surface area contributed by atoms with E-state index in [2.05, 4.69) is 32.1 Å². The van der Waals surface area contributed by atoms with Crippen molar-refractivity contribution in [3.63, 3.8) is 0 Å². The Kier molecular flexibility index (Phi) is 6.56. The molecule has 10 heteroatoms. The number of imidazole rings is 1. The highest BCUT2D eigenvalue weighted by molar-refractivity contribution is 5.97. The normalized spacial score (nSPS) is 20.1. The van der Waals surface area contributed by atoms with E-state index in [1.165, 1.54) is 6.33 Å². The molecule has 4 rings (SSSR count). The molecule has 0 aliphatic carbocycles. The molecule has 0 saturated carbocycles. The average molecular weight is 465 g/mol. The first-order valence-corrected chi connectivity index (χ1v) is 11.1. The fourth-order valence-corrected chi connectivity index (χ4v) is 4.60. The van der Waals surface area contributed by atoms with E-state index in [9.17, 15) is 14.4 Å². The molecule has 1 aliphatic heterocycles. The van der Waals surface area contributed by atoms with Crippen molar-refractivity contribution in [1.29, 1.82) is 0 Å². The van der Waals surface area contributed by atoms with Gasteiger partial charge >= 0.3 is 11.2 Å². The van der Waals surface area contributed by atoms with Crippen molar-refractivity contribution in [2.75, 3.05) is 25.2 Å². The predicted molar refractivity (Wildman–Crippen MR) is 129 cm³/mol. The lowest BCUT2D eigenvalue weighted by Gasteiger charge is -2.49. The second-order valence-electron chi connectivity index (χ2n) is 8.51. The van der Waals surface area contributed by atoms with Crippen LogP contribution in [0.2, 0.25) is 0 Å². The average Bonchev–Trinajstić information content (AvgIpc) is 3.30. The first-order chi connectivity index (χ1) is 16.4. The summed E-state index contributed by atoms with van der Waals surface area (Å²) in [4.78, 5) is 49.1. The summed E-state index contributed by atoms with van der Waals surface area (Å²) in [5.74, 6) is 6.35. The Balaban J connectivity index is 1.78. The zero-order valence-electron chi connectivity index (χ0n) is 19.5. The maximum absolute atomic E-state index is 13.4. The van der Waals surface area contributed by atoms with Gasteiger partial charge in [-0.1, -0.05) is 18.1 Å². The van der Waals surface area contributed by atoms with E-state index in [0.717, 1.165) is 17.5 Å². The lowest BCUT2D eigenvalue weighted by molar-refractivity contribution is 0.0925. The summed E-state index contributed by atoms with van der Waals surface area (Å²) < 4.78 is 6.36. The molecule has 2 atom stereocenters. The van der Waals surface area contributed by atoms with Gasteiger partial charge in [0.2, 0.25) is 0 Å². The summed E-state index contributed by atoms with van der Waals surface area (Å²) in [7, 11) is 1.55. The Bertz CT molecular complexity index is 1380. The molecule has 34 heavy (non-hydrogen) atoms. The number of methoxy groups -OCH3 is 1. The number of aromatic amines is 2. The molecule has 3 heterocycles. The van der Waals surface area contributed by atoms with Gasteiger partial charge in [0.15, 0.2) is 16.9 Å².